The number of ether oxygens (including phenoxy) is 2. The molecule has 0 bridgehead atoms. The van der Waals surface area contributed by atoms with Gasteiger partial charge in [0, 0.05) is 18.2 Å². The molecular weight excluding hydrogens is 489 g/mol. The number of halogens is 1. The maximum absolute atomic E-state index is 13.8. The number of aromatic carboxylic acids is 1. The molecule has 0 aliphatic heterocycles. The molecule has 4 rings (SSSR count). The molecule has 37 heavy (non-hydrogen) atoms. The summed E-state index contributed by atoms with van der Waals surface area (Å²) in [4.78, 5) is 34.8. The Labute approximate surface area is 208 Å². The number of hydrogen-bond acceptors (Lipinski definition) is 9. The molecule has 0 aliphatic rings. The first-order valence-electron chi connectivity index (χ1n) is 10.8. The van der Waals surface area contributed by atoms with Crippen LogP contribution in [-0.4, -0.2) is 50.2 Å². The van der Waals surface area contributed by atoms with Crippen LogP contribution >= 0.6 is 0 Å². The van der Waals surface area contributed by atoms with Gasteiger partial charge in [0.05, 0.1) is 31.0 Å². The Morgan fingerprint density at radius 2 is 1.92 bits per heavy atom. The summed E-state index contributed by atoms with van der Waals surface area (Å²) in [5, 5.41) is 23.1. The monoisotopic (exact) mass is 509 g/mol. The standard InChI is InChI=1S/C24H20FN5O7/c1-35-24(34)14-2-5-16(6-3-14)26-22(31)8-9-30-12-17(27-29-30)13-36-20-7-4-15(25)10-18(20)21-11-19(23(32)33)28-37-21/h2-7,10-12H,8-9,13H2,1H3,(H,26,31)(H,32,33). The van der Waals surface area contributed by atoms with E-state index in [9.17, 15) is 18.8 Å². The van der Waals surface area contributed by atoms with Gasteiger partial charge in [-0.25, -0.2) is 14.0 Å². The van der Waals surface area contributed by atoms with Crippen molar-refractivity contribution in [2.75, 3.05) is 12.4 Å². The van der Waals surface area contributed by atoms with Gasteiger partial charge in [0.2, 0.25) is 5.91 Å². The SMILES string of the molecule is COC(=O)c1ccc(NC(=O)CCn2cc(COc3ccc(F)cc3-c3cc(C(=O)O)no3)nn2)cc1. The Morgan fingerprint density at radius 1 is 1.14 bits per heavy atom. The van der Waals surface area contributed by atoms with Crippen LogP contribution in [0.1, 0.15) is 33.0 Å². The van der Waals surface area contributed by atoms with Crippen LogP contribution in [0.5, 0.6) is 5.75 Å². The predicted molar refractivity (Wildman–Crippen MR) is 124 cm³/mol. The van der Waals surface area contributed by atoms with Gasteiger partial charge >= 0.3 is 11.9 Å². The van der Waals surface area contributed by atoms with E-state index >= 15 is 0 Å². The molecule has 2 heterocycles. The molecule has 0 fully saturated rings. The molecular formula is C24H20FN5O7. The first kappa shape index (κ1) is 25.0. The van der Waals surface area contributed by atoms with Gasteiger partial charge in [-0.1, -0.05) is 10.4 Å². The summed E-state index contributed by atoms with van der Waals surface area (Å²) in [5.41, 5.74) is 1.20. The number of carboxylic acids is 1. The van der Waals surface area contributed by atoms with Crippen molar-refractivity contribution in [3.8, 4) is 17.1 Å². The molecule has 190 valence electrons. The maximum Gasteiger partial charge on any atom is 0.358 e. The molecule has 0 unspecified atom stereocenters. The molecule has 0 saturated carbocycles. The molecule has 12 nitrogen and oxygen atoms in total. The van der Waals surface area contributed by atoms with E-state index in [-0.39, 0.29) is 48.2 Å². The number of aryl methyl sites for hydroxylation is 1. The lowest BCUT2D eigenvalue weighted by Gasteiger charge is -2.08. The third kappa shape index (κ3) is 6.33. The highest BCUT2D eigenvalue weighted by Crippen LogP contribution is 2.32. The lowest BCUT2D eigenvalue weighted by Crippen LogP contribution is -2.15. The number of rotatable bonds is 10. The second kappa shape index (κ2) is 11.1. The van der Waals surface area contributed by atoms with Gasteiger partial charge in [-0.2, -0.15) is 0 Å². The molecule has 1 amide bonds. The third-order valence-corrected chi connectivity index (χ3v) is 5.06. The topological polar surface area (TPSA) is 159 Å². The van der Waals surface area contributed by atoms with Crippen molar-refractivity contribution in [2.45, 2.75) is 19.6 Å². The number of carbonyl (C=O) groups is 3. The first-order valence-corrected chi connectivity index (χ1v) is 10.8. The quantitative estimate of drug-likeness (QED) is 0.304. The zero-order valence-corrected chi connectivity index (χ0v) is 19.4. The lowest BCUT2D eigenvalue weighted by molar-refractivity contribution is -0.116. The average molecular weight is 509 g/mol. The number of carboxylic acid groups (broad SMARTS) is 1. The van der Waals surface area contributed by atoms with Crippen LogP contribution in [-0.2, 0) is 22.7 Å². The Hall–Kier alpha value is -5.07. The fourth-order valence-electron chi connectivity index (χ4n) is 3.24. The first-order chi connectivity index (χ1) is 17.8. The van der Waals surface area contributed by atoms with Gasteiger partial charge in [0.1, 0.15) is 23.9 Å². The van der Waals surface area contributed by atoms with Gasteiger partial charge in [0.25, 0.3) is 0 Å². The van der Waals surface area contributed by atoms with Crippen molar-refractivity contribution >= 4 is 23.5 Å². The van der Waals surface area contributed by atoms with E-state index < -0.39 is 17.8 Å². The highest BCUT2D eigenvalue weighted by atomic mass is 19.1. The summed E-state index contributed by atoms with van der Waals surface area (Å²) in [7, 11) is 1.29. The maximum atomic E-state index is 13.8. The Morgan fingerprint density at radius 3 is 2.62 bits per heavy atom. The molecule has 13 heteroatoms. The summed E-state index contributed by atoms with van der Waals surface area (Å²) in [6.45, 7) is 0.216. The largest absolute Gasteiger partial charge is 0.486 e. The van der Waals surface area contributed by atoms with Crippen LogP contribution in [0.25, 0.3) is 11.3 Å². The fourth-order valence-corrected chi connectivity index (χ4v) is 3.24. The van der Waals surface area contributed by atoms with Crippen LogP contribution in [0.2, 0.25) is 0 Å². The zero-order valence-electron chi connectivity index (χ0n) is 19.4. The van der Waals surface area contributed by atoms with Crippen molar-refractivity contribution in [2.24, 2.45) is 0 Å². The highest BCUT2D eigenvalue weighted by molar-refractivity contribution is 5.93. The van der Waals surface area contributed by atoms with Gasteiger partial charge in [0.15, 0.2) is 11.5 Å². The molecule has 0 saturated heterocycles. The van der Waals surface area contributed by atoms with Gasteiger partial charge in [-0.05, 0) is 42.5 Å². The summed E-state index contributed by atoms with van der Waals surface area (Å²) in [5.74, 6) is -2.33. The van der Waals surface area contributed by atoms with Crippen LogP contribution in [0.15, 0.2) is 59.3 Å². The van der Waals surface area contributed by atoms with Crippen molar-refractivity contribution in [1.29, 1.82) is 0 Å². The number of hydrogen-bond donors (Lipinski definition) is 2. The minimum Gasteiger partial charge on any atom is -0.486 e. The fraction of sp³-hybridized carbons (Fsp3) is 0.167. The summed E-state index contributed by atoms with van der Waals surface area (Å²) in [6, 6.07) is 11.2. The van der Waals surface area contributed by atoms with E-state index in [0.29, 0.717) is 16.9 Å². The highest BCUT2D eigenvalue weighted by Gasteiger charge is 2.17. The Kier molecular flexibility index (Phi) is 7.52. The summed E-state index contributed by atoms with van der Waals surface area (Å²) in [6.07, 6.45) is 1.71. The van der Waals surface area contributed by atoms with Crippen molar-refractivity contribution < 1.29 is 37.9 Å². The number of benzene rings is 2. The van der Waals surface area contributed by atoms with Crippen LogP contribution in [0.4, 0.5) is 10.1 Å². The van der Waals surface area contributed by atoms with E-state index in [1.807, 2.05) is 0 Å². The van der Waals surface area contributed by atoms with Crippen molar-refractivity contribution in [3.63, 3.8) is 0 Å². The number of aromatic nitrogens is 4. The van der Waals surface area contributed by atoms with E-state index in [1.54, 1.807) is 30.5 Å². The molecule has 0 atom stereocenters. The summed E-state index contributed by atoms with van der Waals surface area (Å²) >= 11 is 0. The number of carbonyl (C=O) groups excluding carboxylic acids is 2. The zero-order chi connectivity index (χ0) is 26.4. The third-order valence-electron chi connectivity index (χ3n) is 5.06. The molecule has 0 radical (unpaired) electrons. The number of amides is 1. The van der Waals surface area contributed by atoms with Crippen LogP contribution < -0.4 is 10.1 Å². The second-order valence-electron chi connectivity index (χ2n) is 7.65. The lowest BCUT2D eigenvalue weighted by atomic mass is 10.1. The average Bonchev–Trinajstić information content (AvgIpc) is 3.57. The normalized spacial score (nSPS) is 10.6. The molecule has 4 aromatic rings. The van der Waals surface area contributed by atoms with Crippen molar-refractivity contribution in [1.82, 2.24) is 20.2 Å². The van der Waals surface area contributed by atoms with E-state index in [0.717, 1.165) is 6.07 Å². The van der Waals surface area contributed by atoms with Gasteiger partial charge in [-0.3, -0.25) is 9.48 Å². The molecule has 0 aliphatic carbocycles. The summed E-state index contributed by atoms with van der Waals surface area (Å²) < 4.78 is 30.7. The number of nitrogens with zero attached hydrogens (tertiary/aromatic N) is 4. The Bertz CT molecular complexity index is 1430. The number of anilines is 1. The van der Waals surface area contributed by atoms with Crippen LogP contribution in [0.3, 0.4) is 0 Å². The van der Waals surface area contributed by atoms with E-state index in [2.05, 4.69) is 25.5 Å². The smallest absolute Gasteiger partial charge is 0.358 e. The van der Waals surface area contributed by atoms with Crippen molar-refractivity contribution in [3.05, 3.63) is 77.5 Å². The minimum absolute atomic E-state index is 0.0292. The van der Waals surface area contributed by atoms with Crippen LogP contribution in [0, 0.1) is 5.82 Å². The Balaban J connectivity index is 1.32. The molecule has 2 aromatic carbocycles. The molecule has 2 N–H and O–H groups in total. The van der Waals surface area contributed by atoms with Gasteiger partial charge in [-0.15, -0.1) is 5.10 Å². The molecule has 0 spiro atoms. The van der Waals surface area contributed by atoms with Gasteiger partial charge < -0.3 is 24.4 Å². The van der Waals surface area contributed by atoms with E-state index in [1.165, 1.54) is 30.0 Å². The minimum atomic E-state index is -1.28. The number of esters is 1. The second-order valence-corrected chi connectivity index (χ2v) is 7.65. The predicted octanol–water partition coefficient (Wildman–Crippen LogP) is 3.16. The number of methoxy groups -OCH3 is 1. The molecule has 2 aromatic heterocycles. The number of nitrogens with one attached hydrogen (secondary N) is 1. The van der Waals surface area contributed by atoms with E-state index in [4.69, 9.17) is 14.4 Å².